The van der Waals surface area contributed by atoms with Gasteiger partial charge in [0.15, 0.2) is 0 Å². The highest BCUT2D eigenvalue weighted by atomic mass is 79.9. The van der Waals surface area contributed by atoms with Crippen LogP contribution in [0.4, 0.5) is 5.69 Å². The Morgan fingerprint density at radius 3 is 2.62 bits per heavy atom. The van der Waals surface area contributed by atoms with Gasteiger partial charge in [0.2, 0.25) is 0 Å². The van der Waals surface area contributed by atoms with Crippen molar-refractivity contribution in [3.05, 3.63) is 61.4 Å². The molecule has 1 aromatic heterocycles. The minimum atomic E-state index is -0.183. The molecule has 0 fully saturated rings. The van der Waals surface area contributed by atoms with E-state index >= 15 is 0 Å². The average molecular weight is 411 g/mol. The molecule has 21 heavy (non-hydrogen) atoms. The lowest BCUT2D eigenvalue weighted by Gasteiger charge is -2.17. The quantitative estimate of drug-likeness (QED) is 0.592. The molecule has 2 aromatic carbocycles. The molecule has 0 aliphatic rings. The van der Waals surface area contributed by atoms with Crippen molar-refractivity contribution in [2.75, 3.05) is 5.32 Å². The Bertz CT molecular complexity index is 853. The number of hydrogen-bond acceptors (Lipinski definition) is 2. The van der Waals surface area contributed by atoms with Crippen LogP contribution in [0, 0.1) is 0 Å². The van der Waals surface area contributed by atoms with E-state index in [-0.39, 0.29) is 11.7 Å². The molecular formula is C15H13Br2N3O. The van der Waals surface area contributed by atoms with Crippen LogP contribution in [0.25, 0.3) is 11.0 Å². The molecule has 0 saturated heterocycles. The van der Waals surface area contributed by atoms with E-state index in [0.29, 0.717) is 0 Å². The Morgan fingerprint density at radius 2 is 1.81 bits per heavy atom. The monoisotopic (exact) mass is 409 g/mol. The molecule has 1 unspecified atom stereocenters. The molecule has 6 heteroatoms. The standard InChI is InChI=1S/C15H13Br2N3O/c1-8(18-13-7-10(16)3-4-11(13)17)9-2-5-12-14(6-9)20-15(21)19-12/h2-8,18H,1H3,(H2,19,20,21). The summed E-state index contributed by atoms with van der Waals surface area (Å²) in [4.78, 5) is 16.8. The highest BCUT2D eigenvalue weighted by molar-refractivity contribution is 9.11. The van der Waals surface area contributed by atoms with Gasteiger partial charge in [-0.2, -0.15) is 0 Å². The van der Waals surface area contributed by atoms with E-state index < -0.39 is 0 Å². The van der Waals surface area contributed by atoms with Gasteiger partial charge in [-0.05, 0) is 58.7 Å². The zero-order valence-electron chi connectivity index (χ0n) is 11.2. The molecule has 0 amide bonds. The second-order valence-corrected chi connectivity index (χ2v) is 6.64. The number of benzene rings is 2. The predicted octanol–water partition coefficient (Wildman–Crippen LogP) is 4.55. The number of hydrogen-bond donors (Lipinski definition) is 3. The zero-order chi connectivity index (χ0) is 15.0. The number of aromatic nitrogens is 2. The summed E-state index contributed by atoms with van der Waals surface area (Å²) in [6, 6.07) is 12.0. The summed E-state index contributed by atoms with van der Waals surface area (Å²) in [5.41, 5.74) is 3.57. The van der Waals surface area contributed by atoms with E-state index in [0.717, 1.165) is 31.2 Å². The fraction of sp³-hybridized carbons (Fsp3) is 0.133. The summed E-state index contributed by atoms with van der Waals surface area (Å²) in [5, 5.41) is 3.46. The van der Waals surface area contributed by atoms with Crippen molar-refractivity contribution >= 4 is 48.6 Å². The zero-order valence-corrected chi connectivity index (χ0v) is 14.4. The molecule has 0 aliphatic heterocycles. The molecule has 3 rings (SSSR count). The largest absolute Gasteiger partial charge is 0.378 e. The van der Waals surface area contributed by atoms with Crippen molar-refractivity contribution in [1.29, 1.82) is 0 Å². The van der Waals surface area contributed by atoms with Crippen LogP contribution in [0.5, 0.6) is 0 Å². The summed E-state index contributed by atoms with van der Waals surface area (Å²) in [5.74, 6) is 0. The first-order valence-electron chi connectivity index (χ1n) is 6.46. The lowest BCUT2D eigenvalue weighted by Crippen LogP contribution is -2.07. The molecule has 1 heterocycles. The Balaban J connectivity index is 1.90. The van der Waals surface area contributed by atoms with E-state index in [1.165, 1.54) is 0 Å². The normalized spacial score (nSPS) is 12.5. The molecule has 0 aliphatic carbocycles. The predicted molar refractivity (Wildman–Crippen MR) is 92.8 cm³/mol. The number of rotatable bonds is 3. The number of fused-ring (bicyclic) bond motifs is 1. The Morgan fingerprint density at radius 1 is 1.05 bits per heavy atom. The van der Waals surface area contributed by atoms with Crippen LogP contribution in [0.1, 0.15) is 18.5 Å². The molecule has 0 radical (unpaired) electrons. The van der Waals surface area contributed by atoms with Crippen LogP contribution < -0.4 is 11.0 Å². The van der Waals surface area contributed by atoms with Gasteiger partial charge < -0.3 is 15.3 Å². The fourth-order valence-corrected chi connectivity index (χ4v) is 2.97. The van der Waals surface area contributed by atoms with Gasteiger partial charge in [0.1, 0.15) is 0 Å². The van der Waals surface area contributed by atoms with Gasteiger partial charge in [-0.3, -0.25) is 0 Å². The summed E-state index contributed by atoms with van der Waals surface area (Å²) in [6.07, 6.45) is 0. The fourth-order valence-electron chi connectivity index (χ4n) is 2.24. The first-order chi connectivity index (χ1) is 10.0. The van der Waals surface area contributed by atoms with Crippen LogP contribution in [-0.4, -0.2) is 9.97 Å². The minimum Gasteiger partial charge on any atom is -0.378 e. The van der Waals surface area contributed by atoms with E-state index in [1.807, 2.05) is 36.4 Å². The second-order valence-electron chi connectivity index (χ2n) is 4.87. The van der Waals surface area contributed by atoms with Crippen LogP contribution in [0.15, 0.2) is 50.1 Å². The van der Waals surface area contributed by atoms with Crippen molar-refractivity contribution in [2.24, 2.45) is 0 Å². The maximum atomic E-state index is 11.3. The SMILES string of the molecule is CC(Nc1cc(Br)ccc1Br)c1ccc2[nH]c(=O)[nH]c2c1. The van der Waals surface area contributed by atoms with E-state index in [4.69, 9.17) is 0 Å². The number of anilines is 1. The minimum absolute atomic E-state index is 0.110. The van der Waals surface area contributed by atoms with Crippen molar-refractivity contribution < 1.29 is 0 Å². The third-order valence-electron chi connectivity index (χ3n) is 3.34. The Hall–Kier alpha value is -1.53. The van der Waals surface area contributed by atoms with E-state index in [2.05, 4.69) is 54.1 Å². The lowest BCUT2D eigenvalue weighted by molar-refractivity contribution is 0.885. The van der Waals surface area contributed by atoms with Gasteiger partial charge in [-0.25, -0.2) is 4.79 Å². The molecule has 0 saturated carbocycles. The molecule has 0 spiro atoms. The second kappa shape index (κ2) is 5.69. The lowest BCUT2D eigenvalue weighted by atomic mass is 10.1. The summed E-state index contributed by atoms with van der Waals surface area (Å²) >= 11 is 7.01. The summed E-state index contributed by atoms with van der Waals surface area (Å²) < 4.78 is 2.03. The van der Waals surface area contributed by atoms with E-state index in [9.17, 15) is 4.79 Å². The van der Waals surface area contributed by atoms with Crippen molar-refractivity contribution in [1.82, 2.24) is 9.97 Å². The van der Waals surface area contributed by atoms with Gasteiger partial charge in [0.25, 0.3) is 0 Å². The van der Waals surface area contributed by atoms with Crippen LogP contribution in [0.2, 0.25) is 0 Å². The van der Waals surface area contributed by atoms with Gasteiger partial charge >= 0.3 is 5.69 Å². The topological polar surface area (TPSA) is 60.7 Å². The van der Waals surface area contributed by atoms with Gasteiger partial charge in [0, 0.05) is 15.0 Å². The smallest absolute Gasteiger partial charge is 0.323 e. The Labute approximate surface area is 138 Å². The number of aromatic amines is 2. The molecule has 4 nitrogen and oxygen atoms in total. The van der Waals surface area contributed by atoms with Crippen LogP contribution in [0.3, 0.4) is 0 Å². The molecule has 0 bridgehead atoms. The molecular weight excluding hydrogens is 398 g/mol. The van der Waals surface area contributed by atoms with Crippen molar-refractivity contribution in [2.45, 2.75) is 13.0 Å². The highest BCUT2D eigenvalue weighted by Crippen LogP contribution is 2.29. The third kappa shape index (κ3) is 3.06. The Kier molecular flexibility index (Phi) is 3.91. The molecule has 1 atom stereocenters. The number of H-pyrrole nitrogens is 2. The van der Waals surface area contributed by atoms with Crippen LogP contribution in [-0.2, 0) is 0 Å². The first kappa shape index (κ1) is 14.4. The molecule has 108 valence electrons. The number of imidazole rings is 1. The van der Waals surface area contributed by atoms with Gasteiger partial charge in [-0.1, -0.05) is 22.0 Å². The highest BCUT2D eigenvalue weighted by Gasteiger charge is 2.09. The van der Waals surface area contributed by atoms with Gasteiger partial charge in [-0.15, -0.1) is 0 Å². The van der Waals surface area contributed by atoms with E-state index in [1.54, 1.807) is 0 Å². The average Bonchev–Trinajstić information content (AvgIpc) is 2.81. The molecule has 3 aromatic rings. The maximum absolute atomic E-state index is 11.3. The first-order valence-corrected chi connectivity index (χ1v) is 8.05. The van der Waals surface area contributed by atoms with Crippen molar-refractivity contribution in [3.63, 3.8) is 0 Å². The third-order valence-corrected chi connectivity index (χ3v) is 4.53. The van der Waals surface area contributed by atoms with Crippen molar-refractivity contribution in [3.8, 4) is 0 Å². The number of nitrogens with one attached hydrogen (secondary N) is 3. The molecule has 3 N–H and O–H groups in total. The van der Waals surface area contributed by atoms with Gasteiger partial charge in [0.05, 0.1) is 16.7 Å². The summed E-state index contributed by atoms with van der Waals surface area (Å²) in [7, 11) is 0. The number of halogens is 2. The summed E-state index contributed by atoms with van der Waals surface area (Å²) in [6.45, 7) is 2.08. The van der Waals surface area contributed by atoms with Crippen LogP contribution >= 0.6 is 31.9 Å². The maximum Gasteiger partial charge on any atom is 0.323 e.